The van der Waals surface area contributed by atoms with Crippen molar-refractivity contribution in [2.45, 2.75) is 19.9 Å². The van der Waals surface area contributed by atoms with E-state index in [9.17, 15) is 22.0 Å². The quantitative estimate of drug-likeness (QED) is 0.215. The zero-order chi connectivity index (χ0) is 22.8. The minimum Gasteiger partial charge on any atom is -0.451 e. The molecular formula is C23H16F5N3O. The molecule has 32 heavy (non-hydrogen) atoms. The van der Waals surface area contributed by atoms with E-state index in [1.165, 1.54) is 18.5 Å². The fourth-order valence-electron chi connectivity index (χ4n) is 3.28. The van der Waals surface area contributed by atoms with Crippen molar-refractivity contribution < 1.29 is 26.7 Å². The van der Waals surface area contributed by atoms with Gasteiger partial charge in [0.15, 0.2) is 0 Å². The summed E-state index contributed by atoms with van der Waals surface area (Å²) in [5.41, 5.74) is 2.39. The van der Waals surface area contributed by atoms with Crippen LogP contribution in [0.3, 0.4) is 0 Å². The number of para-hydroxylation sites is 1. The van der Waals surface area contributed by atoms with E-state index in [4.69, 9.17) is 4.74 Å². The van der Waals surface area contributed by atoms with Gasteiger partial charge < -0.3 is 10.1 Å². The first-order chi connectivity index (χ1) is 15.4. The van der Waals surface area contributed by atoms with Crippen LogP contribution in [0.5, 0.6) is 11.5 Å². The first kappa shape index (κ1) is 21.5. The normalized spacial score (nSPS) is 11.1. The molecule has 0 saturated carbocycles. The SMILES string of the molecule is CCc1cc(Oc2c(F)c(F)c(F)c(F)c2F)ccc1CNc1ncnc2ccccc12. The Morgan fingerprint density at radius 1 is 0.812 bits per heavy atom. The van der Waals surface area contributed by atoms with E-state index in [1.54, 1.807) is 6.07 Å². The zero-order valence-corrected chi connectivity index (χ0v) is 16.7. The lowest BCUT2D eigenvalue weighted by Gasteiger charge is -2.14. The fourth-order valence-corrected chi connectivity index (χ4v) is 3.28. The van der Waals surface area contributed by atoms with Crippen LogP contribution in [0.2, 0.25) is 0 Å². The number of nitrogens with one attached hydrogen (secondary N) is 1. The number of hydrogen-bond acceptors (Lipinski definition) is 4. The second kappa shape index (κ2) is 8.78. The third kappa shape index (κ3) is 3.93. The second-order valence-corrected chi connectivity index (χ2v) is 6.88. The molecule has 0 radical (unpaired) electrons. The van der Waals surface area contributed by atoms with E-state index < -0.39 is 34.8 Å². The zero-order valence-electron chi connectivity index (χ0n) is 16.7. The summed E-state index contributed by atoms with van der Waals surface area (Å²) in [4.78, 5) is 8.47. The van der Waals surface area contributed by atoms with Crippen LogP contribution in [0.15, 0.2) is 48.8 Å². The largest absolute Gasteiger partial charge is 0.451 e. The van der Waals surface area contributed by atoms with E-state index >= 15 is 0 Å². The third-order valence-corrected chi connectivity index (χ3v) is 4.94. The lowest BCUT2D eigenvalue weighted by molar-refractivity contribution is 0.332. The molecule has 4 aromatic rings. The minimum absolute atomic E-state index is 0.0544. The molecule has 164 valence electrons. The maximum absolute atomic E-state index is 13.9. The molecule has 4 rings (SSSR count). The number of nitrogens with zero attached hydrogens (tertiary/aromatic N) is 2. The number of fused-ring (bicyclic) bond motifs is 1. The number of rotatable bonds is 6. The van der Waals surface area contributed by atoms with Crippen molar-refractivity contribution in [1.82, 2.24) is 9.97 Å². The van der Waals surface area contributed by atoms with Crippen molar-refractivity contribution >= 4 is 16.7 Å². The maximum atomic E-state index is 13.9. The van der Waals surface area contributed by atoms with Gasteiger partial charge in [-0.15, -0.1) is 0 Å². The Balaban J connectivity index is 1.59. The van der Waals surface area contributed by atoms with Crippen LogP contribution < -0.4 is 10.1 Å². The summed E-state index contributed by atoms with van der Waals surface area (Å²) >= 11 is 0. The summed E-state index contributed by atoms with van der Waals surface area (Å²) in [5, 5.41) is 4.08. The molecule has 3 aromatic carbocycles. The summed E-state index contributed by atoms with van der Waals surface area (Å²) in [6.07, 6.45) is 1.99. The average molecular weight is 445 g/mol. The highest BCUT2D eigenvalue weighted by molar-refractivity contribution is 5.88. The van der Waals surface area contributed by atoms with Crippen molar-refractivity contribution in [3.8, 4) is 11.5 Å². The molecule has 0 amide bonds. The highest BCUT2D eigenvalue weighted by Crippen LogP contribution is 2.33. The predicted molar refractivity (Wildman–Crippen MR) is 109 cm³/mol. The van der Waals surface area contributed by atoms with Crippen LogP contribution in [0.1, 0.15) is 18.1 Å². The van der Waals surface area contributed by atoms with E-state index in [0.29, 0.717) is 18.8 Å². The Kier molecular flexibility index (Phi) is 5.89. The third-order valence-electron chi connectivity index (χ3n) is 4.94. The molecule has 1 N–H and O–H groups in total. The van der Waals surface area contributed by atoms with Gasteiger partial charge in [-0.3, -0.25) is 0 Å². The van der Waals surface area contributed by atoms with Gasteiger partial charge >= 0.3 is 0 Å². The minimum atomic E-state index is -2.24. The summed E-state index contributed by atoms with van der Waals surface area (Å²) in [6, 6.07) is 12.0. The van der Waals surface area contributed by atoms with Crippen LogP contribution in [0.25, 0.3) is 10.9 Å². The highest BCUT2D eigenvalue weighted by Gasteiger charge is 2.27. The Morgan fingerprint density at radius 2 is 1.50 bits per heavy atom. The van der Waals surface area contributed by atoms with Gasteiger partial charge in [0.2, 0.25) is 34.8 Å². The summed E-state index contributed by atoms with van der Waals surface area (Å²) in [7, 11) is 0. The molecule has 4 nitrogen and oxygen atoms in total. The molecule has 0 fully saturated rings. The van der Waals surface area contributed by atoms with Gasteiger partial charge in [0.25, 0.3) is 0 Å². The summed E-state index contributed by atoms with van der Waals surface area (Å²) < 4.78 is 73.0. The Bertz CT molecular complexity index is 1280. The molecule has 0 unspecified atom stereocenters. The van der Waals surface area contributed by atoms with Gasteiger partial charge in [-0.1, -0.05) is 25.1 Å². The van der Waals surface area contributed by atoms with Crippen LogP contribution in [0.4, 0.5) is 27.8 Å². The Labute approximate surface area is 179 Å². The van der Waals surface area contributed by atoms with Crippen molar-refractivity contribution in [2.24, 2.45) is 0 Å². The standard InChI is InChI=1S/C23H16F5N3O/c1-2-12-9-14(32-22-20(27)18(25)17(24)19(26)21(22)28)8-7-13(12)10-29-23-15-5-3-4-6-16(15)30-11-31-23/h3-9,11H,2,10H2,1H3,(H,29,30,31). The molecular weight excluding hydrogens is 429 g/mol. The van der Waals surface area contributed by atoms with Crippen molar-refractivity contribution in [2.75, 3.05) is 5.32 Å². The van der Waals surface area contributed by atoms with Crippen LogP contribution in [-0.4, -0.2) is 9.97 Å². The molecule has 0 aliphatic heterocycles. The predicted octanol–water partition coefficient (Wildman–Crippen LogP) is 6.29. The molecule has 9 heteroatoms. The van der Waals surface area contributed by atoms with Gasteiger partial charge in [-0.25, -0.2) is 23.1 Å². The van der Waals surface area contributed by atoms with Crippen LogP contribution in [-0.2, 0) is 13.0 Å². The number of hydrogen-bond donors (Lipinski definition) is 1. The lowest BCUT2D eigenvalue weighted by atomic mass is 10.0. The molecule has 1 aromatic heterocycles. The van der Waals surface area contributed by atoms with E-state index in [2.05, 4.69) is 15.3 Å². The van der Waals surface area contributed by atoms with Crippen molar-refractivity contribution in [3.05, 3.63) is 89.0 Å². The van der Waals surface area contributed by atoms with Crippen LogP contribution >= 0.6 is 0 Å². The molecule has 0 atom stereocenters. The first-order valence-corrected chi connectivity index (χ1v) is 9.65. The van der Waals surface area contributed by atoms with E-state index in [0.717, 1.165) is 22.0 Å². The molecule has 1 heterocycles. The number of benzene rings is 3. The number of halogens is 5. The van der Waals surface area contributed by atoms with E-state index in [-0.39, 0.29) is 5.75 Å². The van der Waals surface area contributed by atoms with Gasteiger partial charge in [0.05, 0.1) is 5.52 Å². The van der Waals surface area contributed by atoms with Gasteiger partial charge in [-0.05, 0) is 41.8 Å². The average Bonchev–Trinajstić information content (AvgIpc) is 2.83. The van der Waals surface area contributed by atoms with Gasteiger partial charge in [0, 0.05) is 11.9 Å². The smallest absolute Gasteiger partial charge is 0.207 e. The Hall–Kier alpha value is -3.75. The van der Waals surface area contributed by atoms with E-state index in [1.807, 2.05) is 31.2 Å². The lowest BCUT2D eigenvalue weighted by Crippen LogP contribution is -2.06. The molecule has 0 bridgehead atoms. The number of ether oxygens (including phenoxy) is 1. The first-order valence-electron chi connectivity index (χ1n) is 9.65. The molecule has 0 aliphatic carbocycles. The molecule has 0 aliphatic rings. The summed E-state index contributed by atoms with van der Waals surface area (Å²) in [6.45, 7) is 2.24. The number of aryl methyl sites for hydroxylation is 1. The Morgan fingerprint density at radius 3 is 2.22 bits per heavy atom. The molecule has 0 spiro atoms. The van der Waals surface area contributed by atoms with Gasteiger partial charge in [-0.2, -0.15) is 8.78 Å². The fraction of sp³-hybridized carbons (Fsp3) is 0.130. The highest BCUT2D eigenvalue weighted by atomic mass is 19.2. The molecule has 0 saturated heterocycles. The monoisotopic (exact) mass is 445 g/mol. The van der Waals surface area contributed by atoms with Gasteiger partial charge in [0.1, 0.15) is 17.9 Å². The van der Waals surface area contributed by atoms with Crippen molar-refractivity contribution in [3.63, 3.8) is 0 Å². The second-order valence-electron chi connectivity index (χ2n) is 6.88. The number of anilines is 1. The summed E-state index contributed by atoms with van der Waals surface area (Å²) in [5.74, 6) is -11.2. The maximum Gasteiger partial charge on any atom is 0.207 e. The topological polar surface area (TPSA) is 47.0 Å². The number of aromatic nitrogens is 2. The van der Waals surface area contributed by atoms with Crippen molar-refractivity contribution in [1.29, 1.82) is 0 Å². The van der Waals surface area contributed by atoms with Crippen LogP contribution in [0, 0.1) is 29.1 Å².